The molecule has 2 aromatic rings. The van der Waals surface area contributed by atoms with Crippen molar-refractivity contribution in [3.8, 4) is 0 Å². The van der Waals surface area contributed by atoms with E-state index in [1.165, 1.54) is 0 Å². The van der Waals surface area contributed by atoms with Gasteiger partial charge in [-0.15, -0.1) is 0 Å². The van der Waals surface area contributed by atoms with Crippen molar-refractivity contribution in [1.29, 1.82) is 0 Å². The van der Waals surface area contributed by atoms with Crippen LogP contribution in [0.4, 0.5) is 11.5 Å². The third-order valence-electron chi connectivity index (χ3n) is 5.23. The van der Waals surface area contributed by atoms with Crippen molar-refractivity contribution in [3.63, 3.8) is 0 Å². The first kappa shape index (κ1) is 20.0. The zero-order valence-electron chi connectivity index (χ0n) is 15.9. The number of rotatable bonds is 4. The third kappa shape index (κ3) is 4.82. The first-order chi connectivity index (χ1) is 14.0. The topological polar surface area (TPSA) is 65.5 Å². The van der Waals surface area contributed by atoms with E-state index in [1.54, 1.807) is 24.4 Å². The van der Waals surface area contributed by atoms with Gasteiger partial charge in [-0.25, -0.2) is 4.98 Å². The van der Waals surface area contributed by atoms with Crippen molar-refractivity contribution in [2.24, 2.45) is 5.92 Å². The maximum atomic E-state index is 12.9. The summed E-state index contributed by atoms with van der Waals surface area (Å²) in [5.41, 5.74) is 1.19. The molecule has 29 heavy (non-hydrogen) atoms. The van der Waals surface area contributed by atoms with Gasteiger partial charge < -0.3 is 15.1 Å². The summed E-state index contributed by atoms with van der Waals surface area (Å²) < 4.78 is 0. The molecule has 6 nitrogen and oxygen atoms in total. The summed E-state index contributed by atoms with van der Waals surface area (Å²) in [6, 6.07) is 8.73. The van der Waals surface area contributed by atoms with Gasteiger partial charge in [-0.2, -0.15) is 0 Å². The molecule has 1 aliphatic heterocycles. The highest BCUT2D eigenvalue weighted by molar-refractivity contribution is 6.36. The van der Waals surface area contributed by atoms with Crippen LogP contribution in [0.2, 0.25) is 10.0 Å². The second-order valence-electron chi connectivity index (χ2n) is 7.43. The van der Waals surface area contributed by atoms with E-state index in [1.807, 2.05) is 17.0 Å². The van der Waals surface area contributed by atoms with Crippen LogP contribution in [0.3, 0.4) is 0 Å². The molecule has 2 heterocycles. The van der Waals surface area contributed by atoms with Crippen LogP contribution in [0.15, 0.2) is 36.5 Å². The molecule has 1 saturated carbocycles. The highest BCUT2D eigenvalue weighted by Gasteiger charge is 2.29. The summed E-state index contributed by atoms with van der Waals surface area (Å²) in [7, 11) is 0. The molecule has 1 aliphatic carbocycles. The molecule has 1 N–H and O–H groups in total. The first-order valence-electron chi connectivity index (χ1n) is 9.77. The van der Waals surface area contributed by atoms with Gasteiger partial charge in [0.15, 0.2) is 0 Å². The Hall–Kier alpha value is -2.31. The number of hydrogen-bond acceptors (Lipinski definition) is 4. The average Bonchev–Trinajstić information content (AvgIpc) is 3.55. The van der Waals surface area contributed by atoms with Crippen LogP contribution in [0.25, 0.3) is 0 Å². The highest BCUT2D eigenvalue weighted by atomic mass is 35.5. The van der Waals surface area contributed by atoms with Crippen molar-refractivity contribution >= 4 is 46.5 Å². The number of halogens is 2. The van der Waals surface area contributed by atoms with Gasteiger partial charge in [0.1, 0.15) is 5.82 Å². The predicted octanol–water partition coefficient (Wildman–Crippen LogP) is 4.09. The number of nitrogens with zero attached hydrogens (tertiary/aromatic N) is 3. The molecule has 8 heteroatoms. The Balaban J connectivity index is 1.38. The Bertz CT molecular complexity index is 915. The van der Waals surface area contributed by atoms with Gasteiger partial charge in [-0.05, 0) is 49.6 Å². The number of carbonyl (C=O) groups is 2. The molecule has 2 amide bonds. The maximum absolute atomic E-state index is 12.9. The monoisotopic (exact) mass is 432 g/mol. The van der Waals surface area contributed by atoms with E-state index in [0.717, 1.165) is 37.3 Å². The van der Waals surface area contributed by atoms with Crippen LogP contribution in [-0.2, 0) is 4.79 Å². The lowest BCUT2D eigenvalue weighted by Crippen LogP contribution is -2.35. The summed E-state index contributed by atoms with van der Waals surface area (Å²) in [6.45, 7) is 2.72. The second-order valence-corrected chi connectivity index (χ2v) is 8.27. The molecule has 1 aromatic carbocycles. The highest BCUT2D eigenvalue weighted by Crippen LogP contribution is 2.30. The zero-order chi connectivity index (χ0) is 20.4. The van der Waals surface area contributed by atoms with Crippen molar-refractivity contribution in [1.82, 2.24) is 9.88 Å². The van der Waals surface area contributed by atoms with Crippen molar-refractivity contribution in [3.05, 3.63) is 52.1 Å². The smallest absolute Gasteiger partial charge is 0.255 e. The molecule has 1 aromatic heterocycles. The Morgan fingerprint density at radius 3 is 2.55 bits per heavy atom. The lowest BCUT2D eigenvalue weighted by molar-refractivity contribution is -0.117. The average molecular weight is 433 g/mol. The van der Waals surface area contributed by atoms with E-state index in [4.69, 9.17) is 23.2 Å². The second kappa shape index (κ2) is 8.59. The van der Waals surface area contributed by atoms with Crippen LogP contribution < -0.4 is 10.2 Å². The van der Waals surface area contributed by atoms with Crippen LogP contribution in [0.5, 0.6) is 0 Å². The molecule has 4 rings (SSSR count). The zero-order valence-corrected chi connectivity index (χ0v) is 17.4. The van der Waals surface area contributed by atoms with E-state index in [2.05, 4.69) is 15.2 Å². The fourth-order valence-electron chi connectivity index (χ4n) is 3.42. The van der Waals surface area contributed by atoms with Gasteiger partial charge >= 0.3 is 0 Å². The van der Waals surface area contributed by atoms with Gasteiger partial charge in [0, 0.05) is 37.1 Å². The molecule has 0 unspecified atom stereocenters. The van der Waals surface area contributed by atoms with Crippen LogP contribution >= 0.6 is 23.2 Å². The van der Waals surface area contributed by atoms with Gasteiger partial charge in [0.25, 0.3) is 5.91 Å². The summed E-state index contributed by atoms with van der Waals surface area (Å²) in [5, 5.41) is 3.78. The lowest BCUT2D eigenvalue weighted by atomic mass is 10.2. The van der Waals surface area contributed by atoms with Crippen LogP contribution in [0.1, 0.15) is 29.6 Å². The van der Waals surface area contributed by atoms with Crippen molar-refractivity contribution in [2.75, 3.05) is 36.4 Å². The molecule has 0 spiro atoms. The summed E-state index contributed by atoms with van der Waals surface area (Å²) in [5.74, 6) is 0.996. The molecule has 152 valence electrons. The molecule has 2 fully saturated rings. The first-order valence-corrected chi connectivity index (χ1v) is 10.5. The van der Waals surface area contributed by atoms with Crippen LogP contribution in [-0.4, -0.2) is 47.9 Å². The number of amides is 2. The molecule has 0 atom stereocenters. The number of anilines is 2. The number of carbonyl (C=O) groups excluding carboxylic acids is 2. The summed E-state index contributed by atoms with van der Waals surface area (Å²) >= 11 is 12.1. The molecule has 1 saturated heterocycles. The lowest BCUT2D eigenvalue weighted by Gasteiger charge is -2.23. The Labute approximate surface area is 179 Å². The minimum absolute atomic E-state index is 0.0735. The summed E-state index contributed by atoms with van der Waals surface area (Å²) in [6.07, 6.45) is 4.47. The van der Waals surface area contributed by atoms with E-state index in [0.29, 0.717) is 35.2 Å². The van der Waals surface area contributed by atoms with E-state index >= 15 is 0 Å². The molecular weight excluding hydrogens is 411 g/mol. The minimum Gasteiger partial charge on any atom is -0.355 e. The van der Waals surface area contributed by atoms with Gasteiger partial charge in [-0.1, -0.05) is 23.2 Å². The van der Waals surface area contributed by atoms with Gasteiger partial charge in [-0.3, -0.25) is 9.59 Å². The van der Waals surface area contributed by atoms with Crippen LogP contribution in [0, 0.1) is 5.92 Å². The molecule has 0 bridgehead atoms. The number of hydrogen-bond donors (Lipinski definition) is 1. The Morgan fingerprint density at radius 1 is 1.03 bits per heavy atom. The molecule has 0 radical (unpaired) electrons. The SMILES string of the molecule is O=C(Nc1ccc(N2CCCN(C(=O)c3ccc(Cl)cc3Cl)CC2)nc1)C1CC1. The van der Waals surface area contributed by atoms with Gasteiger partial charge in [0.05, 0.1) is 22.5 Å². The maximum Gasteiger partial charge on any atom is 0.255 e. The van der Waals surface area contributed by atoms with Gasteiger partial charge in [0.2, 0.25) is 5.91 Å². The third-order valence-corrected chi connectivity index (χ3v) is 5.78. The van der Waals surface area contributed by atoms with E-state index in [-0.39, 0.29) is 17.7 Å². The fraction of sp³-hybridized carbons (Fsp3) is 0.381. The minimum atomic E-state index is -0.0837. The van der Waals surface area contributed by atoms with E-state index in [9.17, 15) is 9.59 Å². The standard InChI is InChI=1S/C21H22Cl2N4O2/c22-15-4-6-17(18(23)12-15)21(29)27-9-1-8-26(10-11-27)19-7-5-16(13-24-19)25-20(28)14-2-3-14/h4-7,12-14H,1-3,8-11H2,(H,25,28). The number of pyridine rings is 1. The number of benzene rings is 1. The Morgan fingerprint density at radius 2 is 1.86 bits per heavy atom. The predicted molar refractivity (Wildman–Crippen MR) is 115 cm³/mol. The number of nitrogens with one attached hydrogen (secondary N) is 1. The number of aromatic nitrogens is 1. The molecule has 2 aliphatic rings. The normalized spacial score (nSPS) is 17.0. The summed E-state index contributed by atoms with van der Waals surface area (Å²) in [4.78, 5) is 33.2. The fourth-order valence-corrected chi connectivity index (χ4v) is 3.91. The largest absolute Gasteiger partial charge is 0.355 e. The van der Waals surface area contributed by atoms with E-state index < -0.39 is 0 Å². The Kier molecular flexibility index (Phi) is 5.92. The van der Waals surface area contributed by atoms with Crippen molar-refractivity contribution < 1.29 is 9.59 Å². The van der Waals surface area contributed by atoms with Crippen molar-refractivity contribution in [2.45, 2.75) is 19.3 Å². The molecular formula is C21H22Cl2N4O2. The quantitative estimate of drug-likeness (QED) is 0.789.